The Morgan fingerprint density at radius 2 is 1.69 bits per heavy atom. The van der Waals surface area contributed by atoms with Gasteiger partial charge in [0, 0.05) is 37.4 Å². The van der Waals surface area contributed by atoms with Crippen LogP contribution in [0.1, 0.15) is 15.9 Å². The van der Waals surface area contributed by atoms with Crippen LogP contribution >= 0.6 is 0 Å². The van der Waals surface area contributed by atoms with E-state index < -0.39 is 10.0 Å². The number of sulfonamides is 1. The van der Waals surface area contributed by atoms with Gasteiger partial charge in [0.05, 0.1) is 4.90 Å². The average molecular weight is 373 g/mol. The highest BCUT2D eigenvalue weighted by molar-refractivity contribution is 7.89. The lowest BCUT2D eigenvalue weighted by Gasteiger charge is -2.31. The molecule has 1 fully saturated rings. The summed E-state index contributed by atoms with van der Waals surface area (Å²) < 4.78 is 27.2. The Labute approximate surface area is 154 Å². The predicted molar refractivity (Wildman–Crippen MR) is 102 cm³/mol. The number of hydrogen-bond acceptors (Lipinski definition) is 4. The van der Waals surface area contributed by atoms with E-state index in [-0.39, 0.29) is 10.8 Å². The lowest BCUT2D eigenvalue weighted by molar-refractivity contribution is 0.102. The second-order valence-electron chi connectivity index (χ2n) is 6.50. The summed E-state index contributed by atoms with van der Waals surface area (Å²) in [5, 5.41) is 2.84. The van der Waals surface area contributed by atoms with Gasteiger partial charge < -0.3 is 10.2 Å². The fraction of sp³-hybridized carbons (Fsp3) is 0.316. The number of nitrogens with zero attached hydrogens (tertiary/aromatic N) is 2. The van der Waals surface area contributed by atoms with E-state index in [9.17, 15) is 13.2 Å². The van der Waals surface area contributed by atoms with Crippen LogP contribution in [-0.2, 0) is 10.0 Å². The molecular formula is C19H23N3O3S. The Balaban J connectivity index is 1.81. The third kappa shape index (κ3) is 3.95. The van der Waals surface area contributed by atoms with Crippen molar-refractivity contribution >= 4 is 21.6 Å². The van der Waals surface area contributed by atoms with Crippen molar-refractivity contribution < 1.29 is 13.2 Å². The average Bonchev–Trinajstić information content (AvgIpc) is 2.64. The van der Waals surface area contributed by atoms with Crippen molar-refractivity contribution in [2.45, 2.75) is 11.8 Å². The third-order valence-electron chi connectivity index (χ3n) is 4.59. The summed E-state index contributed by atoms with van der Waals surface area (Å²) in [6.07, 6.45) is 0. The van der Waals surface area contributed by atoms with E-state index in [1.54, 1.807) is 12.1 Å². The molecule has 7 heteroatoms. The van der Waals surface area contributed by atoms with Crippen molar-refractivity contribution in [1.29, 1.82) is 0 Å². The van der Waals surface area contributed by atoms with Crippen LogP contribution in [-0.4, -0.2) is 56.8 Å². The first-order valence-corrected chi connectivity index (χ1v) is 9.98. The largest absolute Gasteiger partial charge is 0.322 e. The zero-order valence-corrected chi connectivity index (χ0v) is 15.8. The van der Waals surface area contributed by atoms with Gasteiger partial charge in [-0.05, 0) is 43.8 Å². The molecule has 0 saturated carbocycles. The summed E-state index contributed by atoms with van der Waals surface area (Å²) in [6.45, 7) is 4.22. The van der Waals surface area contributed by atoms with Crippen LogP contribution in [0.15, 0.2) is 53.4 Å². The Morgan fingerprint density at radius 1 is 1.00 bits per heavy atom. The maximum atomic E-state index is 12.9. The lowest BCUT2D eigenvalue weighted by atomic mass is 10.1. The number of anilines is 1. The van der Waals surface area contributed by atoms with Gasteiger partial charge in [0.1, 0.15) is 0 Å². The van der Waals surface area contributed by atoms with Gasteiger partial charge in [0.2, 0.25) is 10.0 Å². The van der Waals surface area contributed by atoms with Crippen LogP contribution in [0, 0.1) is 6.92 Å². The number of para-hydroxylation sites is 1. The standard InChI is InChI=1S/C19H23N3O3S/c1-15-6-3-4-9-18(15)20-19(23)16-7-5-8-17(14-16)26(24,25)22-12-10-21(2)11-13-22/h3-9,14H,10-13H2,1-2H3,(H,20,23). The molecule has 2 aromatic rings. The number of nitrogens with one attached hydrogen (secondary N) is 1. The molecule has 1 N–H and O–H groups in total. The monoisotopic (exact) mass is 373 g/mol. The maximum absolute atomic E-state index is 12.9. The second-order valence-corrected chi connectivity index (χ2v) is 8.44. The minimum absolute atomic E-state index is 0.152. The summed E-state index contributed by atoms with van der Waals surface area (Å²) in [4.78, 5) is 14.8. The molecular weight excluding hydrogens is 350 g/mol. The Bertz CT molecular complexity index is 904. The molecule has 0 spiro atoms. The van der Waals surface area contributed by atoms with Crippen molar-refractivity contribution in [3.8, 4) is 0 Å². The van der Waals surface area contributed by atoms with Gasteiger partial charge in [0.15, 0.2) is 0 Å². The van der Waals surface area contributed by atoms with Crippen molar-refractivity contribution in [2.75, 3.05) is 38.5 Å². The maximum Gasteiger partial charge on any atom is 0.255 e. The lowest BCUT2D eigenvalue weighted by Crippen LogP contribution is -2.47. The van der Waals surface area contributed by atoms with E-state index in [4.69, 9.17) is 0 Å². The first-order chi connectivity index (χ1) is 12.4. The molecule has 2 aromatic carbocycles. The third-order valence-corrected chi connectivity index (χ3v) is 6.48. The molecule has 1 heterocycles. The summed E-state index contributed by atoms with van der Waals surface area (Å²) in [6, 6.07) is 13.7. The van der Waals surface area contributed by atoms with Crippen molar-refractivity contribution in [1.82, 2.24) is 9.21 Å². The molecule has 0 bridgehead atoms. The summed E-state index contributed by atoms with van der Waals surface area (Å²) >= 11 is 0. The van der Waals surface area contributed by atoms with Crippen LogP contribution in [0.4, 0.5) is 5.69 Å². The van der Waals surface area contributed by atoms with E-state index in [1.807, 2.05) is 38.2 Å². The van der Waals surface area contributed by atoms with Gasteiger partial charge in [-0.1, -0.05) is 24.3 Å². The molecule has 1 saturated heterocycles. The number of hydrogen-bond donors (Lipinski definition) is 1. The molecule has 1 aliphatic heterocycles. The highest BCUT2D eigenvalue weighted by atomic mass is 32.2. The molecule has 0 radical (unpaired) electrons. The van der Waals surface area contributed by atoms with Crippen LogP contribution in [0.5, 0.6) is 0 Å². The summed E-state index contributed by atoms with van der Waals surface area (Å²) in [7, 11) is -1.62. The molecule has 0 atom stereocenters. The number of aryl methyl sites for hydroxylation is 1. The normalized spacial score (nSPS) is 16.4. The van der Waals surface area contributed by atoms with Gasteiger partial charge in [-0.15, -0.1) is 0 Å². The van der Waals surface area contributed by atoms with E-state index in [2.05, 4.69) is 10.2 Å². The fourth-order valence-corrected chi connectivity index (χ4v) is 4.35. The van der Waals surface area contributed by atoms with Gasteiger partial charge >= 0.3 is 0 Å². The molecule has 0 aromatic heterocycles. The molecule has 1 amide bonds. The summed E-state index contributed by atoms with van der Waals surface area (Å²) in [5.41, 5.74) is 1.98. The molecule has 6 nitrogen and oxygen atoms in total. The summed E-state index contributed by atoms with van der Waals surface area (Å²) in [5.74, 6) is -0.324. The number of rotatable bonds is 4. The van der Waals surface area contributed by atoms with Gasteiger partial charge in [0.25, 0.3) is 5.91 Å². The minimum Gasteiger partial charge on any atom is -0.322 e. The number of piperazine rings is 1. The van der Waals surface area contributed by atoms with Crippen LogP contribution in [0.25, 0.3) is 0 Å². The van der Waals surface area contributed by atoms with Crippen LogP contribution in [0.3, 0.4) is 0 Å². The molecule has 1 aliphatic rings. The topological polar surface area (TPSA) is 69.7 Å². The molecule has 26 heavy (non-hydrogen) atoms. The first-order valence-electron chi connectivity index (χ1n) is 8.53. The van der Waals surface area contributed by atoms with Crippen LogP contribution in [0.2, 0.25) is 0 Å². The van der Waals surface area contributed by atoms with Gasteiger partial charge in [-0.25, -0.2) is 8.42 Å². The Kier molecular flexibility index (Phi) is 5.41. The van der Waals surface area contributed by atoms with Crippen molar-refractivity contribution in [3.05, 3.63) is 59.7 Å². The van der Waals surface area contributed by atoms with Gasteiger partial charge in [-0.2, -0.15) is 4.31 Å². The second kappa shape index (κ2) is 7.57. The number of amides is 1. The Morgan fingerprint density at radius 3 is 2.38 bits per heavy atom. The van der Waals surface area contributed by atoms with E-state index in [1.165, 1.54) is 16.4 Å². The first kappa shape index (κ1) is 18.6. The predicted octanol–water partition coefficient (Wildman–Crippen LogP) is 2.18. The fourth-order valence-electron chi connectivity index (χ4n) is 2.88. The SMILES string of the molecule is Cc1ccccc1NC(=O)c1cccc(S(=O)(=O)N2CCN(C)CC2)c1. The number of carbonyl (C=O) groups is 1. The van der Waals surface area contributed by atoms with Crippen molar-refractivity contribution in [3.63, 3.8) is 0 Å². The number of benzene rings is 2. The van der Waals surface area contributed by atoms with Crippen molar-refractivity contribution in [2.24, 2.45) is 0 Å². The molecule has 138 valence electrons. The van der Waals surface area contributed by atoms with E-state index in [0.717, 1.165) is 5.56 Å². The number of likely N-dealkylation sites (N-methyl/N-ethyl adjacent to an activating group) is 1. The van der Waals surface area contributed by atoms with Crippen LogP contribution < -0.4 is 5.32 Å². The highest BCUT2D eigenvalue weighted by Gasteiger charge is 2.27. The quantitative estimate of drug-likeness (QED) is 0.892. The highest BCUT2D eigenvalue weighted by Crippen LogP contribution is 2.20. The minimum atomic E-state index is -3.60. The molecule has 3 rings (SSSR count). The molecule has 0 unspecified atom stereocenters. The number of carbonyl (C=O) groups excluding carboxylic acids is 1. The van der Waals surface area contributed by atoms with Gasteiger partial charge in [-0.3, -0.25) is 4.79 Å². The zero-order valence-electron chi connectivity index (χ0n) is 15.0. The zero-order chi connectivity index (χ0) is 18.7. The smallest absolute Gasteiger partial charge is 0.255 e. The molecule has 0 aliphatic carbocycles. The van der Waals surface area contributed by atoms with E-state index >= 15 is 0 Å². The Hall–Kier alpha value is -2.22. The van der Waals surface area contributed by atoms with E-state index in [0.29, 0.717) is 37.4 Å².